The second-order valence-corrected chi connectivity index (χ2v) is 8.49. The number of halogens is 1. The van der Waals surface area contributed by atoms with Crippen LogP contribution in [0.3, 0.4) is 0 Å². The van der Waals surface area contributed by atoms with Gasteiger partial charge in [-0.05, 0) is 49.4 Å². The lowest BCUT2D eigenvalue weighted by atomic mass is 9.96. The Balaban J connectivity index is 1.48. The molecular weight excluding hydrogens is 419 g/mol. The number of nitrogens with one attached hydrogen (secondary N) is 1. The van der Waals surface area contributed by atoms with Gasteiger partial charge < -0.3 is 15.8 Å². The van der Waals surface area contributed by atoms with Gasteiger partial charge in [0.2, 0.25) is 0 Å². The van der Waals surface area contributed by atoms with E-state index in [9.17, 15) is 14.0 Å². The molecule has 0 spiro atoms. The van der Waals surface area contributed by atoms with E-state index in [1.807, 2.05) is 0 Å². The number of benzene rings is 1. The molecule has 0 aliphatic heterocycles. The SMILES string of the molecule is NC(=O)c1c(NC(=O)c2ccn(COc3ccccc3F)n2)sc2c1CCCCCC2. The second kappa shape index (κ2) is 9.30. The van der Waals surface area contributed by atoms with Gasteiger partial charge in [-0.25, -0.2) is 9.07 Å². The van der Waals surface area contributed by atoms with E-state index in [0.29, 0.717) is 10.6 Å². The number of nitrogens with two attached hydrogens (primary N) is 1. The molecule has 0 fully saturated rings. The number of carbonyl (C=O) groups is 2. The molecule has 2 amide bonds. The molecule has 0 saturated heterocycles. The number of fused-ring (bicyclic) bond motifs is 1. The van der Waals surface area contributed by atoms with Crippen molar-refractivity contribution in [1.29, 1.82) is 0 Å². The van der Waals surface area contributed by atoms with E-state index in [1.165, 1.54) is 34.2 Å². The highest BCUT2D eigenvalue weighted by molar-refractivity contribution is 7.17. The summed E-state index contributed by atoms with van der Waals surface area (Å²) in [4.78, 5) is 26.0. The lowest BCUT2D eigenvalue weighted by molar-refractivity contribution is 0.100. The molecule has 31 heavy (non-hydrogen) atoms. The maximum atomic E-state index is 13.7. The van der Waals surface area contributed by atoms with E-state index < -0.39 is 17.6 Å². The smallest absolute Gasteiger partial charge is 0.276 e. The summed E-state index contributed by atoms with van der Waals surface area (Å²) in [5.74, 6) is -1.34. The van der Waals surface area contributed by atoms with Gasteiger partial charge in [0.25, 0.3) is 11.8 Å². The van der Waals surface area contributed by atoms with Crippen LogP contribution in [0.1, 0.15) is 57.0 Å². The fraction of sp³-hybridized carbons (Fsp3) is 0.318. The highest BCUT2D eigenvalue weighted by Crippen LogP contribution is 2.37. The van der Waals surface area contributed by atoms with Crippen molar-refractivity contribution >= 4 is 28.2 Å². The monoisotopic (exact) mass is 442 g/mol. The highest BCUT2D eigenvalue weighted by atomic mass is 32.1. The van der Waals surface area contributed by atoms with Crippen molar-refractivity contribution in [2.75, 3.05) is 5.32 Å². The van der Waals surface area contributed by atoms with Crippen molar-refractivity contribution < 1.29 is 18.7 Å². The zero-order valence-corrected chi connectivity index (χ0v) is 17.7. The molecule has 4 rings (SSSR count). The standard InChI is InChI=1S/C22H23FN4O3S/c23-15-8-5-6-9-17(15)30-13-27-12-11-16(26-27)21(29)25-22-19(20(24)28)14-7-3-1-2-4-10-18(14)31-22/h5-6,8-9,11-12H,1-4,7,10,13H2,(H2,24,28)(H,25,29). The molecule has 2 heterocycles. The van der Waals surface area contributed by atoms with Crippen LogP contribution in [0.25, 0.3) is 0 Å². The summed E-state index contributed by atoms with van der Waals surface area (Å²) in [6.07, 6.45) is 7.60. The summed E-state index contributed by atoms with van der Waals surface area (Å²) in [5, 5.41) is 7.46. The number of ether oxygens (including phenoxy) is 1. The Morgan fingerprint density at radius 1 is 1.16 bits per heavy atom. The number of rotatable bonds is 6. The third-order valence-corrected chi connectivity index (χ3v) is 6.41. The number of primary amides is 1. The number of thiophene rings is 1. The van der Waals surface area contributed by atoms with Crippen LogP contribution < -0.4 is 15.8 Å². The first-order chi connectivity index (χ1) is 15.0. The molecule has 0 unspecified atom stereocenters. The van der Waals surface area contributed by atoms with Crippen LogP contribution >= 0.6 is 11.3 Å². The van der Waals surface area contributed by atoms with Gasteiger partial charge in [-0.3, -0.25) is 9.59 Å². The Morgan fingerprint density at radius 3 is 2.71 bits per heavy atom. The number of anilines is 1. The highest BCUT2D eigenvalue weighted by Gasteiger charge is 2.24. The first-order valence-corrected chi connectivity index (χ1v) is 11.0. The van der Waals surface area contributed by atoms with Gasteiger partial charge in [-0.15, -0.1) is 11.3 Å². The van der Waals surface area contributed by atoms with Crippen LogP contribution in [0.2, 0.25) is 0 Å². The normalized spacial score (nSPS) is 13.7. The predicted molar refractivity (Wildman–Crippen MR) is 116 cm³/mol. The lowest BCUT2D eigenvalue weighted by Crippen LogP contribution is -2.19. The van der Waals surface area contributed by atoms with Crippen molar-refractivity contribution in [3.8, 4) is 5.75 Å². The molecule has 1 aliphatic carbocycles. The maximum Gasteiger partial charge on any atom is 0.276 e. The molecule has 3 aromatic rings. The zero-order chi connectivity index (χ0) is 21.8. The number of aryl methyl sites for hydroxylation is 1. The minimum Gasteiger partial charge on any atom is -0.468 e. The minimum atomic E-state index is -0.530. The Labute approximate surface area is 183 Å². The quantitative estimate of drug-likeness (QED) is 0.600. The van der Waals surface area contributed by atoms with Gasteiger partial charge in [-0.1, -0.05) is 25.0 Å². The summed E-state index contributed by atoms with van der Waals surface area (Å²) in [5.41, 5.74) is 7.19. The zero-order valence-electron chi connectivity index (χ0n) is 16.9. The van der Waals surface area contributed by atoms with Gasteiger partial charge in [0, 0.05) is 11.1 Å². The van der Waals surface area contributed by atoms with E-state index in [2.05, 4.69) is 10.4 Å². The topological polar surface area (TPSA) is 99.2 Å². The van der Waals surface area contributed by atoms with Crippen LogP contribution in [-0.2, 0) is 19.6 Å². The van der Waals surface area contributed by atoms with E-state index in [0.717, 1.165) is 49.0 Å². The second-order valence-electron chi connectivity index (χ2n) is 7.38. The summed E-state index contributed by atoms with van der Waals surface area (Å²) in [6.45, 7) is -0.0476. The Morgan fingerprint density at radius 2 is 1.94 bits per heavy atom. The lowest BCUT2D eigenvalue weighted by Gasteiger charge is -2.10. The van der Waals surface area contributed by atoms with Crippen LogP contribution in [0, 0.1) is 5.82 Å². The summed E-state index contributed by atoms with van der Waals surface area (Å²) < 4.78 is 20.5. The number of nitrogens with zero attached hydrogens (tertiary/aromatic N) is 2. The van der Waals surface area contributed by atoms with Gasteiger partial charge in [0.1, 0.15) is 5.00 Å². The van der Waals surface area contributed by atoms with E-state index >= 15 is 0 Å². The number of hydrogen-bond acceptors (Lipinski definition) is 5. The number of aromatic nitrogens is 2. The van der Waals surface area contributed by atoms with E-state index in [-0.39, 0.29) is 18.2 Å². The van der Waals surface area contributed by atoms with Crippen molar-refractivity contribution in [3.63, 3.8) is 0 Å². The molecule has 0 bridgehead atoms. The summed E-state index contributed by atoms with van der Waals surface area (Å²) >= 11 is 1.42. The van der Waals surface area contributed by atoms with Crippen LogP contribution in [0.5, 0.6) is 5.75 Å². The fourth-order valence-corrected chi connectivity index (χ4v) is 4.98. The van der Waals surface area contributed by atoms with Crippen molar-refractivity contribution in [3.05, 3.63) is 64.0 Å². The average Bonchev–Trinajstić information content (AvgIpc) is 3.32. The van der Waals surface area contributed by atoms with Gasteiger partial charge in [0.15, 0.2) is 24.0 Å². The molecule has 162 valence electrons. The largest absolute Gasteiger partial charge is 0.468 e. The molecule has 0 saturated carbocycles. The van der Waals surface area contributed by atoms with Gasteiger partial charge >= 0.3 is 0 Å². The predicted octanol–water partition coefficient (Wildman–Crippen LogP) is 4.13. The molecule has 1 aliphatic rings. The molecule has 1 aromatic carbocycles. The molecule has 9 heteroatoms. The molecule has 7 nitrogen and oxygen atoms in total. The summed E-state index contributed by atoms with van der Waals surface area (Å²) in [6, 6.07) is 7.60. The number of amides is 2. The minimum absolute atomic E-state index is 0.0476. The fourth-order valence-electron chi connectivity index (χ4n) is 3.69. The molecule has 0 radical (unpaired) electrons. The van der Waals surface area contributed by atoms with Crippen LogP contribution in [0.4, 0.5) is 9.39 Å². The number of carbonyl (C=O) groups excluding carboxylic acids is 2. The first kappa shape index (κ1) is 21.0. The Hall–Kier alpha value is -3.20. The van der Waals surface area contributed by atoms with Crippen molar-refractivity contribution in [2.45, 2.75) is 45.3 Å². The van der Waals surface area contributed by atoms with Crippen LogP contribution in [0.15, 0.2) is 36.5 Å². The molecule has 3 N–H and O–H groups in total. The third kappa shape index (κ3) is 4.77. The Bertz CT molecular complexity index is 1110. The first-order valence-electron chi connectivity index (χ1n) is 10.2. The number of para-hydroxylation sites is 1. The van der Waals surface area contributed by atoms with Gasteiger partial charge in [0.05, 0.1) is 5.56 Å². The maximum absolute atomic E-state index is 13.7. The molecule has 2 aromatic heterocycles. The van der Waals surface area contributed by atoms with E-state index in [1.54, 1.807) is 18.3 Å². The molecule has 0 atom stereocenters. The van der Waals surface area contributed by atoms with E-state index in [4.69, 9.17) is 10.5 Å². The van der Waals surface area contributed by atoms with Crippen molar-refractivity contribution in [1.82, 2.24) is 9.78 Å². The van der Waals surface area contributed by atoms with Gasteiger partial charge in [-0.2, -0.15) is 5.10 Å². The summed E-state index contributed by atoms with van der Waals surface area (Å²) in [7, 11) is 0. The van der Waals surface area contributed by atoms with Crippen molar-refractivity contribution in [2.24, 2.45) is 5.73 Å². The average molecular weight is 443 g/mol. The Kier molecular flexibility index (Phi) is 6.31. The number of hydrogen-bond donors (Lipinski definition) is 2. The van der Waals surface area contributed by atoms with Crippen LogP contribution in [-0.4, -0.2) is 21.6 Å². The third-order valence-electron chi connectivity index (χ3n) is 5.21. The molecular formula is C22H23FN4O3S.